The Labute approximate surface area is 213 Å². The van der Waals surface area contributed by atoms with E-state index in [1.165, 1.54) is 22.2 Å². The number of hydrogen-bond donors (Lipinski definition) is 1. The molecule has 7 heteroatoms. The van der Waals surface area contributed by atoms with E-state index in [2.05, 4.69) is 12.2 Å². The van der Waals surface area contributed by atoms with Gasteiger partial charge in [-0.2, -0.15) is 0 Å². The number of para-hydroxylation sites is 2. The fourth-order valence-corrected chi connectivity index (χ4v) is 7.03. The minimum Gasteiger partial charge on any atom is -0.325 e. The van der Waals surface area contributed by atoms with E-state index in [4.69, 9.17) is 4.98 Å². The molecule has 5 rings (SSSR count). The van der Waals surface area contributed by atoms with Crippen molar-refractivity contribution in [3.63, 3.8) is 0 Å². The van der Waals surface area contributed by atoms with E-state index in [9.17, 15) is 9.59 Å². The van der Waals surface area contributed by atoms with E-state index in [0.29, 0.717) is 11.1 Å². The number of fused-ring (bicyclic) bond motifs is 3. The molecule has 0 aliphatic heterocycles. The molecule has 2 aromatic heterocycles. The zero-order valence-electron chi connectivity index (χ0n) is 20.3. The second kappa shape index (κ2) is 9.99. The van der Waals surface area contributed by atoms with Crippen molar-refractivity contribution < 1.29 is 4.79 Å². The summed E-state index contributed by atoms with van der Waals surface area (Å²) >= 11 is 2.96. The number of benzene rings is 2. The molecule has 1 aliphatic carbocycles. The van der Waals surface area contributed by atoms with Gasteiger partial charge in [0.05, 0.1) is 16.8 Å². The van der Waals surface area contributed by atoms with Crippen LogP contribution in [0, 0.1) is 19.8 Å². The first-order chi connectivity index (χ1) is 17.0. The summed E-state index contributed by atoms with van der Waals surface area (Å²) < 4.78 is 1.68. The molecule has 2 heterocycles. The maximum absolute atomic E-state index is 13.9. The molecule has 0 bridgehead atoms. The summed E-state index contributed by atoms with van der Waals surface area (Å²) in [7, 11) is 0. The third-order valence-electron chi connectivity index (χ3n) is 6.82. The highest BCUT2D eigenvalue weighted by molar-refractivity contribution is 7.99. The first kappa shape index (κ1) is 23.8. The number of thiophene rings is 1. The topological polar surface area (TPSA) is 64.0 Å². The van der Waals surface area contributed by atoms with Gasteiger partial charge in [-0.25, -0.2) is 4.98 Å². The standard InChI is InChI=1S/C28H29N3O2S2/c1-4-19-13-14-21-22(15-19)35-26-24(21)27(33)31(20-11-6-5-7-12-20)28(30-26)34-16-23(32)29-25-17(2)9-8-10-18(25)3/h5-12,19H,4,13-16H2,1-3H3,(H,29,32)/t19-/m0/s1. The molecule has 1 N–H and O–H groups in total. The molecular weight excluding hydrogens is 474 g/mol. The number of carbonyl (C=O) groups excluding carboxylic acids is 1. The van der Waals surface area contributed by atoms with Crippen LogP contribution in [0.2, 0.25) is 0 Å². The van der Waals surface area contributed by atoms with E-state index < -0.39 is 0 Å². The molecule has 0 unspecified atom stereocenters. The number of rotatable bonds is 6. The van der Waals surface area contributed by atoms with Crippen LogP contribution in [0.1, 0.15) is 41.3 Å². The number of aryl methyl sites for hydroxylation is 3. The van der Waals surface area contributed by atoms with Crippen molar-refractivity contribution in [2.75, 3.05) is 11.1 Å². The Morgan fingerprint density at radius 2 is 1.89 bits per heavy atom. The number of amides is 1. The lowest BCUT2D eigenvalue weighted by Gasteiger charge is -2.20. The second-order valence-electron chi connectivity index (χ2n) is 9.18. The predicted molar refractivity (Wildman–Crippen MR) is 146 cm³/mol. The predicted octanol–water partition coefficient (Wildman–Crippen LogP) is 6.31. The zero-order valence-corrected chi connectivity index (χ0v) is 21.9. The molecule has 1 amide bonds. The zero-order chi connectivity index (χ0) is 24.5. The van der Waals surface area contributed by atoms with Crippen LogP contribution in [0.15, 0.2) is 58.5 Å². The van der Waals surface area contributed by atoms with Crippen LogP contribution < -0.4 is 10.9 Å². The van der Waals surface area contributed by atoms with Crippen LogP contribution in [0.25, 0.3) is 15.9 Å². The van der Waals surface area contributed by atoms with E-state index in [-0.39, 0.29) is 17.2 Å². The molecule has 180 valence electrons. The van der Waals surface area contributed by atoms with Gasteiger partial charge in [-0.1, -0.05) is 61.5 Å². The van der Waals surface area contributed by atoms with E-state index in [1.807, 2.05) is 62.4 Å². The Morgan fingerprint density at radius 3 is 2.60 bits per heavy atom. The van der Waals surface area contributed by atoms with Crippen molar-refractivity contribution in [2.45, 2.75) is 51.6 Å². The molecule has 0 saturated heterocycles. The molecule has 0 spiro atoms. The summed E-state index contributed by atoms with van der Waals surface area (Å²) in [5.74, 6) is 0.730. The summed E-state index contributed by atoms with van der Waals surface area (Å²) in [6, 6.07) is 15.6. The number of nitrogens with one attached hydrogen (secondary N) is 1. The summed E-state index contributed by atoms with van der Waals surface area (Å²) in [5, 5.41) is 4.35. The Kier molecular flexibility index (Phi) is 6.80. The average molecular weight is 504 g/mol. The Morgan fingerprint density at radius 1 is 1.14 bits per heavy atom. The van der Waals surface area contributed by atoms with Gasteiger partial charge in [-0.15, -0.1) is 11.3 Å². The van der Waals surface area contributed by atoms with Gasteiger partial charge in [0.15, 0.2) is 5.16 Å². The second-order valence-corrected chi connectivity index (χ2v) is 11.2. The van der Waals surface area contributed by atoms with Crippen LogP contribution in [0.3, 0.4) is 0 Å². The molecule has 1 atom stereocenters. The number of anilines is 1. The van der Waals surface area contributed by atoms with Gasteiger partial charge in [0.25, 0.3) is 5.56 Å². The fourth-order valence-electron chi connectivity index (χ4n) is 4.84. The van der Waals surface area contributed by atoms with Crippen molar-refractivity contribution in [3.8, 4) is 5.69 Å². The fraction of sp³-hybridized carbons (Fsp3) is 0.321. The van der Waals surface area contributed by atoms with Gasteiger partial charge < -0.3 is 5.32 Å². The molecule has 0 radical (unpaired) electrons. The number of aromatic nitrogens is 2. The Balaban J connectivity index is 1.52. The third-order valence-corrected chi connectivity index (χ3v) is 8.91. The largest absolute Gasteiger partial charge is 0.325 e. The van der Waals surface area contributed by atoms with Crippen molar-refractivity contribution in [3.05, 3.63) is 80.5 Å². The average Bonchev–Trinajstić information content (AvgIpc) is 3.23. The normalized spacial score (nSPS) is 15.2. The monoisotopic (exact) mass is 503 g/mol. The first-order valence-electron chi connectivity index (χ1n) is 12.1. The van der Waals surface area contributed by atoms with Crippen molar-refractivity contribution in [2.24, 2.45) is 5.92 Å². The summed E-state index contributed by atoms with van der Waals surface area (Å²) in [4.78, 5) is 33.8. The maximum atomic E-state index is 13.9. The molecule has 0 fully saturated rings. The van der Waals surface area contributed by atoms with Gasteiger partial charge >= 0.3 is 0 Å². The van der Waals surface area contributed by atoms with Gasteiger partial charge in [0.1, 0.15) is 4.83 Å². The molecule has 35 heavy (non-hydrogen) atoms. The minimum atomic E-state index is -0.113. The number of nitrogens with zero attached hydrogens (tertiary/aromatic N) is 2. The Hall–Kier alpha value is -2.90. The lowest BCUT2D eigenvalue weighted by Crippen LogP contribution is -2.23. The van der Waals surface area contributed by atoms with Gasteiger partial charge in [0, 0.05) is 10.6 Å². The molecule has 0 saturated carbocycles. The molecular formula is C28H29N3O2S2. The van der Waals surface area contributed by atoms with Crippen molar-refractivity contribution in [1.29, 1.82) is 0 Å². The van der Waals surface area contributed by atoms with Gasteiger partial charge in [-0.05, 0) is 67.9 Å². The smallest absolute Gasteiger partial charge is 0.267 e. The van der Waals surface area contributed by atoms with Crippen LogP contribution in [-0.4, -0.2) is 21.2 Å². The van der Waals surface area contributed by atoms with Crippen molar-refractivity contribution >= 4 is 44.9 Å². The van der Waals surface area contributed by atoms with Crippen LogP contribution in [0.5, 0.6) is 0 Å². The van der Waals surface area contributed by atoms with Gasteiger partial charge in [0.2, 0.25) is 5.91 Å². The van der Waals surface area contributed by atoms with Crippen LogP contribution >= 0.6 is 23.1 Å². The van der Waals surface area contributed by atoms with E-state index in [1.54, 1.807) is 15.9 Å². The lowest BCUT2D eigenvalue weighted by atomic mass is 9.86. The van der Waals surface area contributed by atoms with E-state index >= 15 is 0 Å². The van der Waals surface area contributed by atoms with E-state index in [0.717, 1.165) is 58.4 Å². The van der Waals surface area contributed by atoms with Crippen LogP contribution in [-0.2, 0) is 17.6 Å². The maximum Gasteiger partial charge on any atom is 0.267 e. The highest BCUT2D eigenvalue weighted by Gasteiger charge is 2.26. The molecule has 1 aliphatic rings. The quantitative estimate of drug-likeness (QED) is 0.247. The highest BCUT2D eigenvalue weighted by Crippen LogP contribution is 2.38. The number of thioether (sulfide) groups is 1. The summed E-state index contributed by atoms with van der Waals surface area (Å²) in [5.41, 5.74) is 4.81. The Bertz CT molecular complexity index is 1440. The first-order valence-corrected chi connectivity index (χ1v) is 13.9. The molecule has 5 nitrogen and oxygen atoms in total. The molecule has 4 aromatic rings. The SMILES string of the molecule is CC[C@H]1CCc2c(sc3nc(SCC(=O)Nc4c(C)cccc4C)n(-c4ccccc4)c(=O)c23)C1. The summed E-state index contributed by atoms with van der Waals surface area (Å²) in [6.07, 6.45) is 4.24. The lowest BCUT2D eigenvalue weighted by molar-refractivity contribution is -0.113. The van der Waals surface area contributed by atoms with Crippen LogP contribution in [0.4, 0.5) is 5.69 Å². The minimum absolute atomic E-state index is 0.0358. The number of hydrogen-bond acceptors (Lipinski definition) is 5. The number of carbonyl (C=O) groups is 1. The van der Waals surface area contributed by atoms with Crippen molar-refractivity contribution in [1.82, 2.24) is 9.55 Å². The summed E-state index contributed by atoms with van der Waals surface area (Å²) in [6.45, 7) is 6.21. The third kappa shape index (κ3) is 4.67. The highest BCUT2D eigenvalue weighted by atomic mass is 32.2. The van der Waals surface area contributed by atoms with Gasteiger partial charge in [-0.3, -0.25) is 14.2 Å². The molecule has 2 aromatic carbocycles.